The first-order valence-electron chi connectivity index (χ1n) is 8.77. The molecular weight excluding hydrogens is 479 g/mol. The maximum Gasteiger partial charge on any atom is 0.274 e. The third-order valence-corrected chi connectivity index (χ3v) is 4.67. The highest BCUT2D eigenvalue weighted by Gasteiger charge is 2.21. The number of hydrogen-bond acceptors (Lipinski definition) is 4. The van der Waals surface area contributed by atoms with E-state index in [4.69, 9.17) is 23.2 Å². The Hall–Kier alpha value is -2.22. The number of halogens is 3. The number of Topliss-reactive ketones (excluding diaryl/α,β-unsaturated/α-hetero) is 1. The van der Waals surface area contributed by atoms with Gasteiger partial charge in [0, 0.05) is 22.8 Å². The summed E-state index contributed by atoms with van der Waals surface area (Å²) in [6.07, 6.45) is 1.55. The van der Waals surface area contributed by atoms with Crippen LogP contribution in [0, 0.1) is 6.92 Å². The Labute approximate surface area is 187 Å². The molecule has 0 unspecified atom stereocenters. The van der Waals surface area contributed by atoms with Gasteiger partial charge in [0.15, 0.2) is 11.6 Å². The minimum absolute atomic E-state index is 0.200. The molecule has 0 bridgehead atoms. The predicted octanol–water partition coefficient (Wildman–Crippen LogP) is 6.13. The number of hydrogen-bond donors (Lipinski definition) is 1. The molecule has 152 valence electrons. The van der Waals surface area contributed by atoms with Gasteiger partial charge in [0.05, 0.1) is 10.7 Å². The maximum atomic E-state index is 12.9. The van der Waals surface area contributed by atoms with E-state index in [0.717, 1.165) is 0 Å². The zero-order valence-corrected chi connectivity index (χ0v) is 19.4. The summed E-state index contributed by atoms with van der Waals surface area (Å²) in [5, 5.41) is 7.77. The number of amides is 1. The summed E-state index contributed by atoms with van der Waals surface area (Å²) in [4.78, 5) is 29.1. The average molecular weight is 498 g/mol. The fourth-order valence-electron chi connectivity index (χ4n) is 2.57. The SMILES string of the molecule is CC.CC(=O)c1cc(Cl)cc(C)c1NC(=O)c1cc(Br)nn1-c1ncccc1Cl. The lowest BCUT2D eigenvalue weighted by Gasteiger charge is -2.14. The zero-order valence-electron chi connectivity index (χ0n) is 16.3. The average Bonchev–Trinajstić information content (AvgIpc) is 3.07. The second kappa shape index (κ2) is 10.0. The smallest absolute Gasteiger partial charge is 0.274 e. The number of aromatic nitrogens is 3. The molecular formula is C20H19BrCl2N4O2. The van der Waals surface area contributed by atoms with Gasteiger partial charge in [0.1, 0.15) is 10.3 Å². The number of rotatable bonds is 4. The van der Waals surface area contributed by atoms with E-state index in [9.17, 15) is 9.59 Å². The molecule has 3 aromatic rings. The highest BCUT2D eigenvalue weighted by atomic mass is 79.9. The summed E-state index contributed by atoms with van der Waals surface area (Å²) in [6.45, 7) is 7.17. The number of anilines is 1. The van der Waals surface area contributed by atoms with E-state index in [-0.39, 0.29) is 11.5 Å². The summed E-state index contributed by atoms with van der Waals surface area (Å²) in [6, 6.07) is 8.07. The molecule has 0 aliphatic rings. The van der Waals surface area contributed by atoms with Crippen LogP contribution in [0.2, 0.25) is 10.0 Å². The van der Waals surface area contributed by atoms with E-state index >= 15 is 0 Å². The van der Waals surface area contributed by atoms with Crippen molar-refractivity contribution in [1.29, 1.82) is 0 Å². The van der Waals surface area contributed by atoms with E-state index in [1.165, 1.54) is 17.7 Å². The molecule has 0 spiro atoms. The summed E-state index contributed by atoms with van der Waals surface area (Å²) >= 11 is 15.5. The van der Waals surface area contributed by atoms with Crippen molar-refractivity contribution in [2.24, 2.45) is 0 Å². The molecule has 3 rings (SSSR count). The monoisotopic (exact) mass is 496 g/mol. The first-order valence-corrected chi connectivity index (χ1v) is 10.3. The maximum absolute atomic E-state index is 12.9. The lowest BCUT2D eigenvalue weighted by Crippen LogP contribution is -2.19. The molecule has 0 radical (unpaired) electrons. The number of nitrogens with one attached hydrogen (secondary N) is 1. The Morgan fingerprint density at radius 2 is 1.86 bits per heavy atom. The topological polar surface area (TPSA) is 76.9 Å². The summed E-state index contributed by atoms with van der Waals surface area (Å²) in [7, 11) is 0. The van der Waals surface area contributed by atoms with Crippen molar-refractivity contribution in [3.05, 3.63) is 68.0 Å². The standard InChI is InChI=1S/C18H13BrCl2N4O2.C2H6/c1-9-6-11(20)7-12(10(2)26)16(9)23-18(27)14-8-15(19)24-25(14)17-13(21)4-3-5-22-17;1-2/h3-8H,1-2H3,(H,23,27);1-2H3. The molecule has 0 aliphatic heterocycles. The fourth-order valence-corrected chi connectivity index (χ4v) is 3.42. The zero-order chi connectivity index (χ0) is 21.7. The van der Waals surface area contributed by atoms with Gasteiger partial charge in [-0.1, -0.05) is 37.0 Å². The molecule has 1 amide bonds. The van der Waals surface area contributed by atoms with Gasteiger partial charge in [0.25, 0.3) is 5.91 Å². The van der Waals surface area contributed by atoms with Crippen LogP contribution in [0.1, 0.15) is 47.2 Å². The van der Waals surface area contributed by atoms with Crippen molar-refractivity contribution in [2.75, 3.05) is 5.32 Å². The number of pyridine rings is 1. The van der Waals surface area contributed by atoms with Crippen LogP contribution in [0.4, 0.5) is 5.69 Å². The van der Waals surface area contributed by atoms with Gasteiger partial charge in [-0.05, 0) is 59.6 Å². The highest BCUT2D eigenvalue weighted by molar-refractivity contribution is 9.10. The van der Waals surface area contributed by atoms with Crippen LogP contribution in [-0.2, 0) is 0 Å². The van der Waals surface area contributed by atoms with Crippen LogP contribution in [0.15, 0.2) is 41.1 Å². The Kier molecular flexibility index (Phi) is 7.96. The minimum atomic E-state index is -0.470. The number of carbonyl (C=O) groups is 2. The molecule has 0 saturated heterocycles. The molecule has 0 aliphatic carbocycles. The second-order valence-corrected chi connectivity index (χ2v) is 7.38. The second-order valence-electron chi connectivity index (χ2n) is 5.73. The first kappa shape index (κ1) is 23.1. The number of carbonyl (C=O) groups excluding carboxylic acids is 2. The van der Waals surface area contributed by atoms with Crippen molar-refractivity contribution in [3.63, 3.8) is 0 Å². The molecule has 0 saturated carbocycles. The van der Waals surface area contributed by atoms with Gasteiger partial charge in [-0.25, -0.2) is 9.67 Å². The van der Waals surface area contributed by atoms with Crippen LogP contribution >= 0.6 is 39.1 Å². The van der Waals surface area contributed by atoms with Crippen molar-refractivity contribution >= 4 is 56.5 Å². The first-order chi connectivity index (χ1) is 13.8. The number of nitrogens with zero attached hydrogens (tertiary/aromatic N) is 3. The van der Waals surface area contributed by atoms with Crippen molar-refractivity contribution in [1.82, 2.24) is 14.8 Å². The van der Waals surface area contributed by atoms with Gasteiger partial charge in [-0.15, -0.1) is 0 Å². The quantitative estimate of drug-likeness (QED) is 0.440. The summed E-state index contributed by atoms with van der Waals surface area (Å²) in [5.74, 6) is -0.365. The molecule has 2 aromatic heterocycles. The van der Waals surface area contributed by atoms with Crippen LogP contribution in [-0.4, -0.2) is 26.5 Å². The Morgan fingerprint density at radius 3 is 2.48 bits per heavy atom. The van der Waals surface area contributed by atoms with Crippen LogP contribution in [0.3, 0.4) is 0 Å². The molecule has 9 heteroatoms. The molecule has 6 nitrogen and oxygen atoms in total. The number of aryl methyl sites for hydroxylation is 1. The van der Waals surface area contributed by atoms with Gasteiger partial charge < -0.3 is 5.32 Å². The molecule has 1 N–H and O–H groups in total. The van der Waals surface area contributed by atoms with Gasteiger partial charge in [-0.2, -0.15) is 5.10 Å². The third kappa shape index (κ3) is 5.23. The fraction of sp³-hybridized carbons (Fsp3) is 0.200. The van der Waals surface area contributed by atoms with E-state index in [2.05, 4.69) is 31.3 Å². The lowest BCUT2D eigenvalue weighted by molar-refractivity contribution is 0.101. The van der Waals surface area contributed by atoms with Crippen LogP contribution in [0.5, 0.6) is 0 Å². The third-order valence-electron chi connectivity index (χ3n) is 3.77. The number of benzene rings is 1. The molecule has 29 heavy (non-hydrogen) atoms. The van der Waals surface area contributed by atoms with Gasteiger partial charge in [0.2, 0.25) is 0 Å². The Bertz CT molecular complexity index is 1070. The van der Waals surface area contributed by atoms with Crippen molar-refractivity contribution in [2.45, 2.75) is 27.7 Å². The van der Waals surface area contributed by atoms with E-state index in [0.29, 0.717) is 37.3 Å². The summed E-state index contributed by atoms with van der Waals surface area (Å²) in [5.41, 5.74) is 1.59. The Morgan fingerprint density at radius 1 is 1.17 bits per heavy atom. The molecule has 0 fully saturated rings. The molecule has 1 aromatic carbocycles. The summed E-state index contributed by atoms with van der Waals surface area (Å²) < 4.78 is 1.77. The van der Waals surface area contributed by atoms with Crippen LogP contribution in [0.25, 0.3) is 5.82 Å². The van der Waals surface area contributed by atoms with E-state index in [1.807, 2.05) is 13.8 Å². The normalized spacial score (nSPS) is 10.2. The molecule has 2 heterocycles. The largest absolute Gasteiger partial charge is 0.320 e. The van der Waals surface area contributed by atoms with Crippen LogP contribution < -0.4 is 5.32 Å². The molecule has 0 atom stereocenters. The predicted molar refractivity (Wildman–Crippen MR) is 120 cm³/mol. The van der Waals surface area contributed by atoms with Crippen molar-refractivity contribution in [3.8, 4) is 5.82 Å². The van der Waals surface area contributed by atoms with Gasteiger partial charge >= 0.3 is 0 Å². The van der Waals surface area contributed by atoms with Crippen molar-refractivity contribution < 1.29 is 9.59 Å². The highest BCUT2D eigenvalue weighted by Crippen LogP contribution is 2.28. The number of ketones is 1. The lowest BCUT2D eigenvalue weighted by atomic mass is 10.0. The van der Waals surface area contributed by atoms with Gasteiger partial charge in [-0.3, -0.25) is 9.59 Å². The van der Waals surface area contributed by atoms with E-state index in [1.54, 1.807) is 37.4 Å². The minimum Gasteiger partial charge on any atom is -0.320 e. The van der Waals surface area contributed by atoms with E-state index < -0.39 is 5.91 Å². The Balaban J connectivity index is 0.00000145.